The molecule has 19 heavy (non-hydrogen) atoms. The number of aromatic nitrogens is 1. The lowest BCUT2D eigenvalue weighted by molar-refractivity contribution is 0.383. The quantitative estimate of drug-likeness (QED) is 0.867. The first kappa shape index (κ1) is 13.6. The van der Waals surface area contributed by atoms with E-state index in [1.54, 1.807) is 13.3 Å². The minimum atomic E-state index is -0.0820. The molecule has 0 aliphatic carbocycles. The van der Waals surface area contributed by atoms with Crippen molar-refractivity contribution in [1.82, 2.24) is 10.3 Å². The molecule has 0 amide bonds. The number of pyridine rings is 1. The first-order valence-corrected chi connectivity index (χ1v) is 6.61. The number of aryl methyl sites for hydroxylation is 1. The summed E-state index contributed by atoms with van der Waals surface area (Å²) in [6.45, 7) is 4.96. The van der Waals surface area contributed by atoms with E-state index in [4.69, 9.17) is 9.15 Å². The Hall–Kier alpha value is -1.81. The third-order valence-corrected chi connectivity index (χ3v) is 3.02. The minimum absolute atomic E-state index is 0.0820. The van der Waals surface area contributed by atoms with E-state index in [2.05, 4.69) is 24.1 Å². The summed E-state index contributed by atoms with van der Waals surface area (Å²) in [7, 11) is 1.66. The van der Waals surface area contributed by atoms with E-state index in [-0.39, 0.29) is 6.04 Å². The molecule has 1 unspecified atom stereocenters. The fourth-order valence-electron chi connectivity index (χ4n) is 2.07. The molecule has 1 N–H and O–H groups in total. The lowest BCUT2D eigenvalue weighted by Crippen LogP contribution is -2.23. The Morgan fingerprint density at radius 2 is 2.16 bits per heavy atom. The van der Waals surface area contributed by atoms with Crippen LogP contribution in [0.25, 0.3) is 0 Å². The summed E-state index contributed by atoms with van der Waals surface area (Å²) in [6.07, 6.45) is 2.66. The van der Waals surface area contributed by atoms with Crippen LogP contribution in [0, 0.1) is 0 Å². The molecule has 0 fully saturated rings. The summed E-state index contributed by atoms with van der Waals surface area (Å²) < 4.78 is 11.2. The van der Waals surface area contributed by atoms with E-state index >= 15 is 0 Å². The maximum atomic E-state index is 5.84. The van der Waals surface area contributed by atoms with Crippen molar-refractivity contribution in [1.29, 1.82) is 0 Å². The largest absolute Gasteiger partial charge is 0.495 e. The smallest absolute Gasteiger partial charge is 0.142 e. The number of methoxy groups -OCH3 is 1. The van der Waals surface area contributed by atoms with Gasteiger partial charge in [0.2, 0.25) is 0 Å². The Morgan fingerprint density at radius 3 is 2.79 bits per heavy atom. The molecule has 2 heterocycles. The molecular weight excluding hydrogens is 240 g/mol. The summed E-state index contributed by atoms with van der Waals surface area (Å²) >= 11 is 0. The van der Waals surface area contributed by atoms with Gasteiger partial charge in [0.25, 0.3) is 0 Å². The summed E-state index contributed by atoms with van der Waals surface area (Å²) in [5.74, 6) is 2.62. The van der Waals surface area contributed by atoms with E-state index < -0.39 is 0 Å². The lowest BCUT2D eigenvalue weighted by Gasteiger charge is -2.17. The third kappa shape index (κ3) is 2.96. The van der Waals surface area contributed by atoms with Crippen LogP contribution in [-0.2, 0) is 6.42 Å². The van der Waals surface area contributed by atoms with Crippen molar-refractivity contribution in [3.63, 3.8) is 0 Å². The molecule has 4 heteroatoms. The lowest BCUT2D eigenvalue weighted by atomic mass is 10.1. The molecule has 4 nitrogen and oxygen atoms in total. The van der Waals surface area contributed by atoms with Gasteiger partial charge in [0.05, 0.1) is 7.11 Å². The summed E-state index contributed by atoms with van der Waals surface area (Å²) in [6, 6.07) is 7.71. The molecular formula is C15H20N2O2. The molecule has 2 rings (SSSR count). The van der Waals surface area contributed by atoms with Crippen molar-refractivity contribution in [3.8, 4) is 5.75 Å². The van der Waals surface area contributed by atoms with Crippen LogP contribution in [0.4, 0.5) is 0 Å². The Kier molecular flexibility index (Phi) is 4.58. The second kappa shape index (κ2) is 6.38. The molecule has 0 radical (unpaired) electrons. The van der Waals surface area contributed by atoms with Crippen molar-refractivity contribution >= 4 is 0 Å². The highest BCUT2D eigenvalue weighted by molar-refractivity contribution is 5.34. The first-order valence-electron chi connectivity index (χ1n) is 6.61. The molecule has 0 saturated carbocycles. The molecule has 102 valence electrons. The number of furan rings is 1. The predicted molar refractivity (Wildman–Crippen MR) is 74.4 cm³/mol. The number of ether oxygens (including phenoxy) is 1. The Labute approximate surface area is 113 Å². The van der Waals surface area contributed by atoms with E-state index in [9.17, 15) is 0 Å². The van der Waals surface area contributed by atoms with E-state index in [0.29, 0.717) is 0 Å². The fourth-order valence-corrected chi connectivity index (χ4v) is 2.07. The number of nitrogens with one attached hydrogen (secondary N) is 1. The molecule has 0 bridgehead atoms. The molecule has 2 aromatic rings. The molecule has 0 aliphatic heterocycles. The summed E-state index contributed by atoms with van der Waals surface area (Å²) in [5.41, 5.74) is 0.851. The van der Waals surface area contributed by atoms with Gasteiger partial charge in [0.15, 0.2) is 0 Å². The highest BCUT2D eigenvalue weighted by Gasteiger charge is 2.21. The van der Waals surface area contributed by atoms with Gasteiger partial charge in [-0.3, -0.25) is 4.98 Å². The molecule has 1 atom stereocenters. The van der Waals surface area contributed by atoms with Gasteiger partial charge in [0, 0.05) is 12.6 Å². The topological polar surface area (TPSA) is 47.3 Å². The SMILES string of the molecule is CCNC(c1ccc(CC)o1)c1ncccc1OC. The van der Waals surface area contributed by atoms with Gasteiger partial charge >= 0.3 is 0 Å². The van der Waals surface area contributed by atoms with Gasteiger partial charge in [-0.1, -0.05) is 13.8 Å². The second-order valence-electron chi connectivity index (χ2n) is 4.24. The van der Waals surface area contributed by atoms with E-state index in [1.165, 1.54) is 0 Å². The minimum Gasteiger partial charge on any atom is -0.495 e. The van der Waals surface area contributed by atoms with Gasteiger partial charge in [0.1, 0.15) is 29.0 Å². The maximum Gasteiger partial charge on any atom is 0.142 e. The predicted octanol–water partition coefficient (Wildman–Crippen LogP) is 2.94. The monoisotopic (exact) mass is 260 g/mol. The molecule has 0 spiro atoms. The van der Waals surface area contributed by atoms with Gasteiger partial charge < -0.3 is 14.5 Å². The van der Waals surface area contributed by atoms with Crippen LogP contribution in [-0.4, -0.2) is 18.6 Å². The van der Waals surface area contributed by atoms with E-state index in [0.717, 1.165) is 35.9 Å². The third-order valence-electron chi connectivity index (χ3n) is 3.02. The zero-order valence-electron chi connectivity index (χ0n) is 11.6. The van der Waals surface area contributed by atoms with E-state index in [1.807, 2.05) is 24.3 Å². The Balaban J connectivity index is 2.38. The van der Waals surface area contributed by atoms with Crippen LogP contribution in [0.15, 0.2) is 34.9 Å². The average Bonchev–Trinajstić information content (AvgIpc) is 2.93. The van der Waals surface area contributed by atoms with Crippen molar-refractivity contribution in [2.75, 3.05) is 13.7 Å². The van der Waals surface area contributed by atoms with Crippen LogP contribution in [0.2, 0.25) is 0 Å². The normalized spacial score (nSPS) is 12.4. The first-order chi connectivity index (χ1) is 9.30. The Morgan fingerprint density at radius 1 is 1.32 bits per heavy atom. The van der Waals surface area contributed by atoms with Crippen LogP contribution >= 0.6 is 0 Å². The highest BCUT2D eigenvalue weighted by atomic mass is 16.5. The van der Waals surface area contributed by atoms with Crippen molar-refractivity contribution in [2.24, 2.45) is 0 Å². The van der Waals surface area contributed by atoms with Crippen LogP contribution in [0.1, 0.15) is 37.1 Å². The standard InChI is InChI=1S/C15H20N2O2/c1-4-11-8-9-13(19-11)15(16-5-2)14-12(18-3)7-6-10-17-14/h6-10,15-16H,4-5H2,1-3H3. The second-order valence-corrected chi connectivity index (χ2v) is 4.24. The number of nitrogens with zero attached hydrogens (tertiary/aromatic N) is 1. The summed E-state index contributed by atoms with van der Waals surface area (Å²) in [5, 5.41) is 3.39. The van der Waals surface area contributed by atoms with Gasteiger partial charge in [-0.05, 0) is 30.8 Å². The highest BCUT2D eigenvalue weighted by Crippen LogP contribution is 2.29. The van der Waals surface area contributed by atoms with Crippen molar-refractivity contribution in [2.45, 2.75) is 26.3 Å². The van der Waals surface area contributed by atoms with Gasteiger partial charge in [-0.15, -0.1) is 0 Å². The van der Waals surface area contributed by atoms with Crippen molar-refractivity contribution in [3.05, 3.63) is 47.7 Å². The number of rotatable bonds is 6. The molecule has 0 aliphatic rings. The van der Waals surface area contributed by atoms with Crippen LogP contribution < -0.4 is 10.1 Å². The fraction of sp³-hybridized carbons (Fsp3) is 0.400. The van der Waals surface area contributed by atoms with Crippen LogP contribution in [0.5, 0.6) is 5.75 Å². The van der Waals surface area contributed by atoms with Crippen LogP contribution in [0.3, 0.4) is 0 Å². The number of hydrogen-bond donors (Lipinski definition) is 1. The van der Waals surface area contributed by atoms with Gasteiger partial charge in [-0.2, -0.15) is 0 Å². The summed E-state index contributed by atoms with van der Waals surface area (Å²) in [4.78, 5) is 4.43. The molecule has 2 aromatic heterocycles. The number of hydrogen-bond acceptors (Lipinski definition) is 4. The molecule has 0 saturated heterocycles. The Bertz CT molecular complexity index is 522. The van der Waals surface area contributed by atoms with Crippen molar-refractivity contribution < 1.29 is 9.15 Å². The maximum absolute atomic E-state index is 5.84. The zero-order valence-corrected chi connectivity index (χ0v) is 11.6. The van der Waals surface area contributed by atoms with Gasteiger partial charge in [-0.25, -0.2) is 0 Å². The zero-order chi connectivity index (χ0) is 13.7. The molecule has 0 aromatic carbocycles. The average molecular weight is 260 g/mol.